The molecule has 2 rings (SSSR count). The molecule has 0 fully saturated rings. The Morgan fingerprint density at radius 3 is 2.45 bits per heavy atom. The van der Waals surface area contributed by atoms with E-state index in [0.717, 1.165) is 23.5 Å². The van der Waals surface area contributed by atoms with Crippen molar-refractivity contribution in [2.75, 3.05) is 5.32 Å². The van der Waals surface area contributed by atoms with Gasteiger partial charge in [0.2, 0.25) is 0 Å². The fourth-order valence-electron chi connectivity index (χ4n) is 2.96. The monoisotopic (exact) mass is 393 g/mol. The zero-order chi connectivity index (χ0) is 21.6. The van der Waals surface area contributed by atoms with Gasteiger partial charge in [0, 0.05) is 23.6 Å². The molecule has 1 aromatic carbocycles. The first kappa shape index (κ1) is 22.0. The minimum Gasteiger partial charge on any atom is -0.448 e. The van der Waals surface area contributed by atoms with E-state index in [4.69, 9.17) is 4.74 Å². The third-order valence-electron chi connectivity index (χ3n) is 4.50. The molecule has 6 nitrogen and oxygen atoms in total. The smallest absolute Gasteiger partial charge is 0.349 e. The van der Waals surface area contributed by atoms with E-state index in [1.165, 1.54) is 13.0 Å². The number of aromatic nitrogens is 1. The highest BCUT2D eigenvalue weighted by atomic mass is 16.5. The zero-order valence-electron chi connectivity index (χ0n) is 17.5. The number of aryl methyl sites for hydroxylation is 1. The summed E-state index contributed by atoms with van der Waals surface area (Å²) in [5, 5.41) is 12.1. The number of hydrogen-bond donors (Lipinski definition) is 1. The van der Waals surface area contributed by atoms with E-state index < -0.39 is 18.0 Å². The number of hydrogen-bond acceptors (Lipinski definition) is 4. The molecule has 1 aromatic heterocycles. The summed E-state index contributed by atoms with van der Waals surface area (Å²) in [6.07, 6.45) is 0.483. The van der Waals surface area contributed by atoms with Crippen LogP contribution in [0, 0.1) is 31.1 Å². The molecule has 0 aliphatic heterocycles. The van der Waals surface area contributed by atoms with Gasteiger partial charge in [-0.25, -0.2) is 4.79 Å². The van der Waals surface area contributed by atoms with E-state index in [1.54, 1.807) is 24.3 Å². The molecule has 1 heterocycles. The average molecular weight is 393 g/mol. The van der Waals surface area contributed by atoms with E-state index in [9.17, 15) is 14.9 Å². The zero-order valence-corrected chi connectivity index (χ0v) is 17.5. The van der Waals surface area contributed by atoms with Crippen LogP contribution in [-0.4, -0.2) is 22.5 Å². The van der Waals surface area contributed by atoms with Gasteiger partial charge >= 0.3 is 5.97 Å². The molecule has 1 amide bonds. The lowest BCUT2D eigenvalue weighted by molar-refractivity contribution is -0.148. The number of benzene rings is 1. The Labute approximate surface area is 171 Å². The van der Waals surface area contributed by atoms with E-state index >= 15 is 0 Å². The number of carbonyl (C=O) groups is 2. The van der Waals surface area contributed by atoms with Crippen LogP contribution < -0.4 is 5.32 Å². The molecule has 0 spiro atoms. The maximum absolute atomic E-state index is 12.4. The Morgan fingerprint density at radius 1 is 1.21 bits per heavy atom. The van der Waals surface area contributed by atoms with Gasteiger partial charge in [0.05, 0.1) is 0 Å². The quantitative estimate of drug-likeness (QED) is 0.433. The van der Waals surface area contributed by atoms with Crippen molar-refractivity contribution in [1.82, 2.24) is 4.57 Å². The minimum atomic E-state index is -1.03. The lowest BCUT2D eigenvalue weighted by Gasteiger charge is -2.13. The summed E-state index contributed by atoms with van der Waals surface area (Å²) in [7, 11) is 0. The summed E-state index contributed by atoms with van der Waals surface area (Å²) in [6, 6.07) is 12.7. The number of carbonyl (C=O) groups excluding carboxylic acids is 2. The van der Waals surface area contributed by atoms with Crippen molar-refractivity contribution >= 4 is 23.6 Å². The van der Waals surface area contributed by atoms with Gasteiger partial charge in [0.25, 0.3) is 5.91 Å². The normalized spacial score (nSPS) is 12.4. The minimum absolute atomic E-state index is 0.144. The third-order valence-corrected chi connectivity index (χ3v) is 4.50. The van der Waals surface area contributed by atoms with E-state index in [0.29, 0.717) is 11.6 Å². The fourth-order valence-corrected chi connectivity index (χ4v) is 2.96. The lowest BCUT2D eigenvalue weighted by atomic mass is 10.1. The van der Waals surface area contributed by atoms with Crippen LogP contribution in [0.25, 0.3) is 6.08 Å². The second-order valence-electron chi connectivity index (χ2n) is 7.40. The molecule has 0 radical (unpaired) electrons. The Kier molecular flexibility index (Phi) is 7.38. The summed E-state index contributed by atoms with van der Waals surface area (Å²) in [6.45, 7) is 10.5. The largest absolute Gasteiger partial charge is 0.448 e. The number of nitriles is 1. The average Bonchev–Trinajstić information content (AvgIpc) is 2.93. The predicted octanol–water partition coefficient (Wildman–Crippen LogP) is 4.24. The molecule has 0 saturated heterocycles. The van der Waals surface area contributed by atoms with Crippen molar-refractivity contribution in [3.63, 3.8) is 0 Å². The molecule has 0 aliphatic carbocycles. The maximum atomic E-state index is 12.4. The number of anilines is 1. The topological polar surface area (TPSA) is 84.1 Å². The molecule has 152 valence electrons. The van der Waals surface area contributed by atoms with Crippen molar-refractivity contribution in [2.24, 2.45) is 5.92 Å². The van der Waals surface area contributed by atoms with Gasteiger partial charge in [-0.15, -0.1) is 0 Å². The highest BCUT2D eigenvalue weighted by Gasteiger charge is 2.21. The molecular formula is C23H27N3O3. The number of para-hydroxylation sites is 1. The molecule has 0 aliphatic rings. The Bertz CT molecular complexity index is 950. The van der Waals surface area contributed by atoms with Gasteiger partial charge < -0.3 is 14.6 Å². The van der Waals surface area contributed by atoms with Gasteiger partial charge in [0.15, 0.2) is 6.10 Å². The molecule has 0 unspecified atom stereocenters. The number of nitrogens with zero attached hydrogens (tertiary/aromatic N) is 2. The fraction of sp³-hybridized carbons (Fsp3) is 0.348. The van der Waals surface area contributed by atoms with Crippen LogP contribution in [0.15, 0.2) is 42.0 Å². The molecule has 29 heavy (non-hydrogen) atoms. The van der Waals surface area contributed by atoms with Crippen LogP contribution in [0.5, 0.6) is 0 Å². The number of ether oxygens (including phenoxy) is 1. The number of esters is 1. The highest BCUT2D eigenvalue weighted by molar-refractivity contribution is 6.01. The van der Waals surface area contributed by atoms with Gasteiger partial charge in [-0.2, -0.15) is 5.26 Å². The summed E-state index contributed by atoms with van der Waals surface area (Å²) in [5.41, 5.74) is 3.29. The summed E-state index contributed by atoms with van der Waals surface area (Å²) in [4.78, 5) is 24.7. The highest BCUT2D eigenvalue weighted by Crippen LogP contribution is 2.20. The predicted molar refractivity (Wildman–Crippen MR) is 113 cm³/mol. The SMILES string of the molecule is Cc1cc(/C=C(\C#N)C(=O)O[C@H](C)C(=O)Nc2ccccc2)c(C)n1CC(C)C. The summed E-state index contributed by atoms with van der Waals surface area (Å²) in [5.74, 6) is -0.810. The van der Waals surface area contributed by atoms with Crippen LogP contribution in [-0.2, 0) is 20.9 Å². The van der Waals surface area contributed by atoms with E-state index in [1.807, 2.05) is 32.0 Å². The molecule has 0 saturated carbocycles. The van der Waals surface area contributed by atoms with Gasteiger partial charge in [-0.05, 0) is 56.5 Å². The van der Waals surface area contributed by atoms with Gasteiger partial charge in [0.1, 0.15) is 11.6 Å². The molecular weight excluding hydrogens is 366 g/mol. The summed E-state index contributed by atoms with van der Waals surface area (Å²) < 4.78 is 7.36. The van der Waals surface area contributed by atoms with Crippen LogP contribution in [0.1, 0.15) is 37.7 Å². The number of amides is 1. The van der Waals surface area contributed by atoms with Crippen molar-refractivity contribution in [1.29, 1.82) is 5.26 Å². The van der Waals surface area contributed by atoms with Crippen molar-refractivity contribution in [2.45, 2.75) is 47.3 Å². The molecule has 1 N–H and O–H groups in total. The van der Waals surface area contributed by atoms with E-state index in [2.05, 4.69) is 23.7 Å². The first-order chi connectivity index (χ1) is 13.7. The van der Waals surface area contributed by atoms with E-state index in [-0.39, 0.29) is 5.57 Å². The van der Waals surface area contributed by atoms with Crippen molar-refractivity contribution < 1.29 is 14.3 Å². The number of nitrogens with one attached hydrogen (secondary N) is 1. The van der Waals surface area contributed by atoms with Crippen LogP contribution >= 0.6 is 0 Å². The summed E-state index contributed by atoms with van der Waals surface area (Å²) >= 11 is 0. The second-order valence-corrected chi connectivity index (χ2v) is 7.40. The lowest BCUT2D eigenvalue weighted by Crippen LogP contribution is -2.30. The Morgan fingerprint density at radius 2 is 1.86 bits per heavy atom. The first-order valence-corrected chi connectivity index (χ1v) is 9.58. The Balaban J connectivity index is 2.12. The maximum Gasteiger partial charge on any atom is 0.349 e. The third kappa shape index (κ3) is 5.82. The van der Waals surface area contributed by atoms with Crippen molar-refractivity contribution in [3.05, 3.63) is 58.9 Å². The standard InChI is InChI=1S/C23H27N3O3/c1-15(2)14-26-16(3)11-19(17(26)4)12-20(13-24)23(28)29-18(5)22(27)25-21-9-7-6-8-10-21/h6-12,15,18H,14H2,1-5H3,(H,25,27)/b20-12+/t18-/m1/s1. The molecule has 2 aromatic rings. The van der Waals surface area contributed by atoms with Gasteiger partial charge in [-0.3, -0.25) is 4.79 Å². The van der Waals surface area contributed by atoms with Crippen LogP contribution in [0.3, 0.4) is 0 Å². The second kappa shape index (κ2) is 9.74. The molecule has 1 atom stereocenters. The Hall–Kier alpha value is -3.33. The molecule has 0 bridgehead atoms. The van der Waals surface area contributed by atoms with Crippen LogP contribution in [0.4, 0.5) is 5.69 Å². The first-order valence-electron chi connectivity index (χ1n) is 9.58. The van der Waals surface area contributed by atoms with Gasteiger partial charge in [-0.1, -0.05) is 32.0 Å². The molecule has 6 heteroatoms. The van der Waals surface area contributed by atoms with Crippen LogP contribution in [0.2, 0.25) is 0 Å². The van der Waals surface area contributed by atoms with Crippen molar-refractivity contribution in [3.8, 4) is 6.07 Å². The number of rotatable bonds is 7.